The first-order valence-electron chi connectivity index (χ1n) is 11.7. The topological polar surface area (TPSA) is 124 Å². The Morgan fingerprint density at radius 2 is 2.23 bits per heavy atom. The van der Waals surface area contributed by atoms with Crippen molar-refractivity contribution in [3.63, 3.8) is 0 Å². The summed E-state index contributed by atoms with van der Waals surface area (Å²) < 4.78 is 5.31. The summed E-state index contributed by atoms with van der Waals surface area (Å²) in [6, 6.07) is 0. The van der Waals surface area contributed by atoms with Crippen LogP contribution in [0, 0.1) is 22.7 Å². The second-order valence-corrected chi connectivity index (χ2v) is 10.3. The summed E-state index contributed by atoms with van der Waals surface area (Å²) in [5, 5.41) is 26.9. The van der Waals surface area contributed by atoms with Crippen LogP contribution in [0.4, 0.5) is 0 Å². The maximum atomic E-state index is 12.3. The molecule has 2 saturated carbocycles. The number of ether oxygens (including phenoxy) is 1. The first-order valence-corrected chi connectivity index (χ1v) is 11.7. The Balaban J connectivity index is 1.78. The van der Waals surface area contributed by atoms with E-state index in [0.29, 0.717) is 30.8 Å². The number of nitrogens with two attached hydrogens (primary N) is 1. The molecule has 8 nitrogen and oxygen atoms in total. The monoisotopic (exact) mass is 434 g/mol. The van der Waals surface area contributed by atoms with E-state index in [1.54, 1.807) is 0 Å². The van der Waals surface area contributed by atoms with E-state index in [1.807, 2.05) is 7.05 Å². The van der Waals surface area contributed by atoms with Crippen molar-refractivity contribution in [2.75, 3.05) is 46.9 Å². The number of methoxy groups -OCH3 is 1. The average Bonchev–Trinajstić information content (AvgIpc) is 3.05. The zero-order valence-corrected chi connectivity index (χ0v) is 19.1. The summed E-state index contributed by atoms with van der Waals surface area (Å²) in [7, 11) is 3.41. The van der Waals surface area contributed by atoms with Gasteiger partial charge in [-0.1, -0.05) is 12.5 Å². The highest BCUT2D eigenvalue weighted by Gasteiger charge is 2.73. The third-order valence-electron chi connectivity index (χ3n) is 9.01. The largest absolute Gasteiger partial charge is 0.545 e. The SMILES string of the molecule is CNCCN=C(N)[NH+]1CCC[C@@]2(C1)[C@@H]1CC[C@@H](C)[C@]23C[C@](O)(COC)C(C(=O)[O-])=C3C1. The van der Waals surface area contributed by atoms with Crippen LogP contribution >= 0.6 is 0 Å². The quantitative estimate of drug-likeness (QED) is 0.228. The van der Waals surface area contributed by atoms with Gasteiger partial charge in [0.1, 0.15) is 5.60 Å². The molecule has 31 heavy (non-hydrogen) atoms. The Hall–Kier alpha value is -1.48. The summed E-state index contributed by atoms with van der Waals surface area (Å²) in [5.74, 6) is 0.123. The number of allylic oxidation sites excluding steroid dienone is 1. The molecule has 0 aromatic carbocycles. The fraction of sp³-hybridized carbons (Fsp3) is 0.826. The fourth-order valence-corrected chi connectivity index (χ4v) is 7.96. The first kappa shape index (κ1) is 22.7. The molecule has 1 saturated heterocycles. The van der Waals surface area contributed by atoms with Gasteiger partial charge in [-0.2, -0.15) is 0 Å². The lowest BCUT2D eigenvalue weighted by molar-refractivity contribution is -0.826. The number of quaternary nitrogens is 1. The molecule has 0 radical (unpaired) electrons. The number of nitrogens with zero attached hydrogens (tertiary/aromatic N) is 1. The fourth-order valence-electron chi connectivity index (χ4n) is 7.96. The third-order valence-corrected chi connectivity index (χ3v) is 9.01. The number of carboxylic acids is 1. The summed E-state index contributed by atoms with van der Waals surface area (Å²) in [6.07, 6.45) is 5.37. The van der Waals surface area contributed by atoms with Crippen LogP contribution in [-0.2, 0) is 9.53 Å². The molecule has 4 aliphatic rings. The smallest absolute Gasteiger partial charge is 0.293 e. The molecule has 6 atom stereocenters. The van der Waals surface area contributed by atoms with Gasteiger partial charge in [-0.05, 0) is 57.4 Å². The van der Waals surface area contributed by atoms with E-state index in [0.717, 1.165) is 57.3 Å². The first-order chi connectivity index (χ1) is 14.8. The van der Waals surface area contributed by atoms with Crippen LogP contribution in [0.15, 0.2) is 16.1 Å². The summed E-state index contributed by atoms with van der Waals surface area (Å²) in [4.78, 5) is 18.1. The van der Waals surface area contributed by atoms with Gasteiger partial charge in [-0.25, -0.2) is 4.99 Å². The standard InChI is InChI=1S/C23H38N4O4/c1-15-5-6-16-11-17-18(19(28)29)22(30,14-31-3)12-23(15,17)21(16)7-4-10-27(13-21)20(24)26-9-8-25-2/h15-16,25,30H,4-14H2,1-3H3,(H2,24,26)(H,28,29)/t15-,16-,21-,22+,23+/m1/s1. The molecule has 0 aromatic heterocycles. The normalized spacial score (nSPS) is 42.3. The highest BCUT2D eigenvalue weighted by molar-refractivity contribution is 5.90. The second kappa shape index (κ2) is 8.14. The van der Waals surface area contributed by atoms with Crippen molar-refractivity contribution in [1.82, 2.24) is 5.32 Å². The predicted octanol–water partition coefficient (Wildman–Crippen LogP) is -1.55. The number of guanidine groups is 1. The lowest BCUT2D eigenvalue weighted by atomic mass is 9.48. The minimum absolute atomic E-state index is 0.0147. The lowest BCUT2D eigenvalue weighted by Crippen LogP contribution is -3.18. The molecule has 4 rings (SSSR count). The number of carboxylic acid groups (broad SMARTS) is 1. The van der Waals surface area contributed by atoms with E-state index in [4.69, 9.17) is 10.5 Å². The number of aliphatic imine (C=N–C) groups is 1. The van der Waals surface area contributed by atoms with E-state index in [1.165, 1.54) is 12.0 Å². The van der Waals surface area contributed by atoms with Crippen molar-refractivity contribution in [2.45, 2.75) is 51.0 Å². The van der Waals surface area contributed by atoms with Gasteiger partial charge < -0.3 is 30.8 Å². The molecule has 174 valence electrons. The maximum absolute atomic E-state index is 12.3. The Morgan fingerprint density at radius 3 is 2.90 bits per heavy atom. The van der Waals surface area contributed by atoms with Gasteiger partial charge in [0.05, 0.1) is 32.2 Å². The number of carbonyl (C=O) groups excluding carboxylic acids is 1. The number of nitrogens with one attached hydrogen (secondary N) is 2. The van der Waals surface area contributed by atoms with Crippen LogP contribution in [0.2, 0.25) is 0 Å². The molecule has 3 fully saturated rings. The van der Waals surface area contributed by atoms with E-state index >= 15 is 0 Å². The number of likely N-dealkylation sites (N-methyl/N-ethyl adjacent to an activating group) is 1. The predicted molar refractivity (Wildman–Crippen MR) is 115 cm³/mol. The van der Waals surface area contributed by atoms with Crippen molar-refractivity contribution in [3.8, 4) is 0 Å². The summed E-state index contributed by atoms with van der Waals surface area (Å²) in [5.41, 5.74) is 5.58. The van der Waals surface area contributed by atoms with Crippen molar-refractivity contribution in [1.29, 1.82) is 0 Å². The van der Waals surface area contributed by atoms with Crippen LogP contribution in [0.3, 0.4) is 0 Å². The minimum atomic E-state index is -1.49. The molecule has 1 aliphatic heterocycles. The van der Waals surface area contributed by atoms with Gasteiger partial charge in [-0.3, -0.25) is 4.90 Å². The summed E-state index contributed by atoms with van der Waals surface area (Å²) >= 11 is 0. The van der Waals surface area contributed by atoms with Crippen LogP contribution in [0.25, 0.3) is 0 Å². The maximum Gasteiger partial charge on any atom is 0.293 e. The number of carbonyl (C=O) groups is 1. The van der Waals surface area contributed by atoms with E-state index in [2.05, 4.69) is 17.2 Å². The van der Waals surface area contributed by atoms with Crippen molar-refractivity contribution in [3.05, 3.63) is 11.1 Å². The third kappa shape index (κ3) is 3.17. The molecular formula is C23H38N4O4. The van der Waals surface area contributed by atoms with Crippen molar-refractivity contribution >= 4 is 11.9 Å². The van der Waals surface area contributed by atoms with Crippen LogP contribution in [0.5, 0.6) is 0 Å². The molecule has 1 heterocycles. The molecule has 0 aromatic rings. The highest BCUT2D eigenvalue weighted by atomic mass is 16.5. The molecule has 1 unspecified atom stereocenters. The van der Waals surface area contributed by atoms with Crippen molar-refractivity contribution < 1.29 is 24.6 Å². The number of hydrogen-bond donors (Lipinski definition) is 4. The minimum Gasteiger partial charge on any atom is -0.545 e. The van der Waals surface area contributed by atoms with Gasteiger partial charge in [-0.15, -0.1) is 0 Å². The van der Waals surface area contributed by atoms with E-state index < -0.39 is 11.6 Å². The summed E-state index contributed by atoms with van der Waals surface area (Å²) in [6.45, 7) is 5.46. The molecule has 2 bridgehead atoms. The zero-order valence-electron chi connectivity index (χ0n) is 19.1. The van der Waals surface area contributed by atoms with E-state index in [-0.39, 0.29) is 23.0 Å². The lowest BCUT2D eigenvalue weighted by Gasteiger charge is -2.57. The number of rotatable bonds is 6. The number of hydrogen-bond acceptors (Lipinski definition) is 6. The van der Waals surface area contributed by atoms with Crippen molar-refractivity contribution in [2.24, 2.45) is 33.4 Å². The average molecular weight is 435 g/mol. The Kier molecular flexibility index (Phi) is 5.96. The van der Waals surface area contributed by atoms with Crippen LogP contribution in [-0.4, -0.2) is 69.6 Å². The molecular weight excluding hydrogens is 396 g/mol. The Morgan fingerprint density at radius 1 is 1.45 bits per heavy atom. The van der Waals surface area contributed by atoms with Crippen LogP contribution < -0.4 is 21.1 Å². The molecule has 2 spiro atoms. The van der Waals surface area contributed by atoms with Gasteiger partial charge in [0.15, 0.2) is 0 Å². The number of aliphatic carboxylic acids is 1. The Bertz CT molecular complexity index is 798. The highest BCUT2D eigenvalue weighted by Crippen LogP contribution is 2.75. The number of piperidine rings is 1. The van der Waals surface area contributed by atoms with Gasteiger partial charge >= 0.3 is 0 Å². The van der Waals surface area contributed by atoms with Gasteiger partial charge in [0, 0.05) is 30.1 Å². The van der Waals surface area contributed by atoms with Gasteiger partial charge in [0.25, 0.3) is 5.96 Å². The molecule has 5 N–H and O–H groups in total. The second-order valence-electron chi connectivity index (χ2n) is 10.3. The molecule has 3 aliphatic carbocycles. The zero-order chi connectivity index (χ0) is 22.4. The van der Waals surface area contributed by atoms with Gasteiger partial charge in [0.2, 0.25) is 0 Å². The van der Waals surface area contributed by atoms with E-state index in [9.17, 15) is 15.0 Å². The molecule has 0 amide bonds. The Labute approximate surface area is 184 Å². The van der Waals surface area contributed by atoms with Crippen LogP contribution in [0.1, 0.15) is 45.4 Å². The number of aliphatic hydroxyl groups is 1. The number of likely N-dealkylation sites (tertiary alicyclic amines) is 1. The molecule has 8 heteroatoms.